The van der Waals surface area contributed by atoms with Gasteiger partial charge in [-0.3, -0.25) is 9.69 Å². The number of aldehydes is 1. The van der Waals surface area contributed by atoms with Crippen LogP contribution >= 0.6 is 0 Å². The number of rotatable bonds is 4. The largest absolute Gasteiger partial charge is 0.377 e. The zero-order valence-electron chi connectivity index (χ0n) is 7.62. The van der Waals surface area contributed by atoms with Gasteiger partial charge < -0.3 is 4.74 Å². The number of nitrogens with zero attached hydrogens (tertiary/aromatic N) is 1. The lowest BCUT2D eigenvalue weighted by Crippen LogP contribution is -2.59. The molecule has 1 aliphatic heterocycles. The molecular formula is C9H15NO2. The van der Waals surface area contributed by atoms with E-state index in [4.69, 9.17) is 4.74 Å². The van der Waals surface area contributed by atoms with E-state index in [1.807, 2.05) is 20.2 Å². The van der Waals surface area contributed by atoms with Crippen LogP contribution in [-0.4, -0.2) is 44.0 Å². The first kappa shape index (κ1) is 9.42. The molecule has 1 rings (SSSR count). The van der Waals surface area contributed by atoms with Crippen LogP contribution in [0.15, 0.2) is 12.2 Å². The average Bonchev–Trinajstić information content (AvgIpc) is 1.94. The van der Waals surface area contributed by atoms with Crippen molar-refractivity contribution >= 4 is 6.29 Å². The van der Waals surface area contributed by atoms with Crippen molar-refractivity contribution in [2.45, 2.75) is 12.0 Å². The molecular weight excluding hydrogens is 154 g/mol. The summed E-state index contributed by atoms with van der Waals surface area (Å²) in [6.45, 7) is 1.53. The minimum atomic E-state index is 0.138. The molecule has 68 valence electrons. The maximum atomic E-state index is 10.0. The molecule has 0 saturated carbocycles. The monoisotopic (exact) mass is 169 g/mol. The quantitative estimate of drug-likeness (QED) is 0.452. The second kappa shape index (κ2) is 3.83. The molecule has 0 atom stereocenters. The Bertz CT molecular complexity index is 183. The van der Waals surface area contributed by atoms with E-state index < -0.39 is 0 Å². The summed E-state index contributed by atoms with van der Waals surface area (Å²) in [5, 5.41) is 0. The third-order valence-corrected chi connectivity index (χ3v) is 2.40. The smallest absolute Gasteiger partial charge is 0.142 e. The summed E-state index contributed by atoms with van der Waals surface area (Å²) in [6.07, 6.45) is 5.14. The summed E-state index contributed by atoms with van der Waals surface area (Å²) >= 11 is 0. The first-order chi connectivity index (χ1) is 5.71. The van der Waals surface area contributed by atoms with E-state index in [0.717, 1.165) is 25.9 Å². The highest BCUT2D eigenvalue weighted by atomic mass is 16.5. The van der Waals surface area contributed by atoms with Crippen LogP contribution in [0, 0.1) is 0 Å². The molecule has 1 fully saturated rings. The number of allylic oxidation sites excluding steroid dienone is 1. The van der Waals surface area contributed by atoms with Gasteiger partial charge in [-0.25, -0.2) is 0 Å². The van der Waals surface area contributed by atoms with Gasteiger partial charge in [0.25, 0.3) is 0 Å². The molecule has 0 radical (unpaired) electrons. The highest BCUT2D eigenvalue weighted by Gasteiger charge is 2.39. The van der Waals surface area contributed by atoms with Crippen LogP contribution < -0.4 is 0 Å². The Morgan fingerprint density at radius 3 is 2.50 bits per heavy atom. The highest BCUT2D eigenvalue weighted by Crippen LogP contribution is 2.26. The molecule has 0 unspecified atom stereocenters. The predicted molar refractivity (Wildman–Crippen MR) is 47.1 cm³/mol. The van der Waals surface area contributed by atoms with Crippen molar-refractivity contribution < 1.29 is 9.53 Å². The first-order valence-corrected chi connectivity index (χ1v) is 4.07. The van der Waals surface area contributed by atoms with Crippen molar-refractivity contribution in [3.8, 4) is 0 Å². The van der Waals surface area contributed by atoms with Gasteiger partial charge in [-0.05, 0) is 26.6 Å². The lowest BCUT2D eigenvalue weighted by atomic mass is 9.91. The fourth-order valence-corrected chi connectivity index (χ4v) is 1.24. The molecule has 12 heavy (non-hydrogen) atoms. The van der Waals surface area contributed by atoms with Gasteiger partial charge in [-0.1, -0.05) is 6.08 Å². The Morgan fingerprint density at radius 2 is 2.17 bits per heavy atom. The van der Waals surface area contributed by atoms with Crippen LogP contribution in [0.25, 0.3) is 0 Å². The number of carbonyl (C=O) groups is 1. The van der Waals surface area contributed by atoms with Crippen LogP contribution in [0.4, 0.5) is 0 Å². The van der Waals surface area contributed by atoms with Crippen molar-refractivity contribution in [3.63, 3.8) is 0 Å². The number of carbonyl (C=O) groups excluding carboxylic acids is 1. The highest BCUT2D eigenvalue weighted by molar-refractivity contribution is 5.64. The Morgan fingerprint density at radius 1 is 1.50 bits per heavy atom. The number of hydrogen-bond acceptors (Lipinski definition) is 3. The first-order valence-electron chi connectivity index (χ1n) is 4.07. The lowest BCUT2D eigenvalue weighted by Gasteiger charge is -2.46. The third-order valence-electron chi connectivity index (χ3n) is 2.40. The summed E-state index contributed by atoms with van der Waals surface area (Å²) in [5.74, 6) is 0. The third kappa shape index (κ3) is 1.73. The van der Waals surface area contributed by atoms with Crippen LogP contribution in [0.3, 0.4) is 0 Å². The summed E-state index contributed by atoms with van der Waals surface area (Å²) < 4.78 is 5.17. The SMILES string of the molecule is CN(C)C1(C/C=C/C=O)COC1. The lowest BCUT2D eigenvalue weighted by molar-refractivity contribution is -0.122. The molecule has 0 aromatic rings. The summed E-state index contributed by atoms with van der Waals surface area (Å²) in [7, 11) is 4.08. The molecule has 1 saturated heterocycles. The molecule has 1 aliphatic rings. The van der Waals surface area contributed by atoms with E-state index in [9.17, 15) is 4.79 Å². The van der Waals surface area contributed by atoms with Crippen molar-refractivity contribution in [2.24, 2.45) is 0 Å². The molecule has 0 aliphatic carbocycles. The molecule has 0 bridgehead atoms. The van der Waals surface area contributed by atoms with Crippen LogP contribution in [0.2, 0.25) is 0 Å². The van der Waals surface area contributed by atoms with Crippen LogP contribution in [0.1, 0.15) is 6.42 Å². The van der Waals surface area contributed by atoms with Gasteiger partial charge >= 0.3 is 0 Å². The normalized spacial score (nSPS) is 21.2. The average molecular weight is 169 g/mol. The second-order valence-electron chi connectivity index (χ2n) is 3.38. The van der Waals surface area contributed by atoms with Crippen LogP contribution in [-0.2, 0) is 9.53 Å². The van der Waals surface area contributed by atoms with Gasteiger partial charge in [-0.15, -0.1) is 0 Å². The Hall–Kier alpha value is -0.670. The fourth-order valence-electron chi connectivity index (χ4n) is 1.24. The fraction of sp³-hybridized carbons (Fsp3) is 0.667. The number of hydrogen-bond donors (Lipinski definition) is 0. The molecule has 0 spiro atoms. The molecule has 0 aromatic carbocycles. The molecule has 0 aromatic heterocycles. The van der Waals surface area contributed by atoms with Gasteiger partial charge in [-0.2, -0.15) is 0 Å². The summed E-state index contributed by atoms with van der Waals surface area (Å²) in [5.41, 5.74) is 0.138. The van der Waals surface area contributed by atoms with Gasteiger partial charge in [0, 0.05) is 0 Å². The van der Waals surface area contributed by atoms with E-state index in [-0.39, 0.29) is 5.54 Å². The minimum absolute atomic E-state index is 0.138. The molecule has 0 N–H and O–H groups in total. The van der Waals surface area contributed by atoms with E-state index in [2.05, 4.69) is 4.90 Å². The van der Waals surface area contributed by atoms with Crippen molar-refractivity contribution in [2.75, 3.05) is 27.3 Å². The summed E-state index contributed by atoms with van der Waals surface area (Å²) in [4.78, 5) is 12.2. The Labute approximate surface area is 73.0 Å². The molecule has 3 heteroatoms. The second-order valence-corrected chi connectivity index (χ2v) is 3.38. The van der Waals surface area contributed by atoms with E-state index in [1.54, 1.807) is 6.08 Å². The number of ether oxygens (including phenoxy) is 1. The number of likely N-dealkylation sites (N-methyl/N-ethyl adjacent to an activating group) is 1. The van der Waals surface area contributed by atoms with Crippen LogP contribution in [0.5, 0.6) is 0 Å². The molecule has 0 amide bonds. The van der Waals surface area contributed by atoms with E-state index in [0.29, 0.717) is 0 Å². The standard InChI is InChI=1S/C9H15NO2/c1-10(2)9(7-12-8-9)5-3-4-6-11/h3-4,6H,5,7-8H2,1-2H3/b4-3+. The zero-order chi connectivity index (χ0) is 9.03. The maximum absolute atomic E-state index is 10.0. The van der Waals surface area contributed by atoms with Crippen molar-refractivity contribution in [1.29, 1.82) is 0 Å². The van der Waals surface area contributed by atoms with Gasteiger partial charge in [0.1, 0.15) is 6.29 Å². The zero-order valence-corrected chi connectivity index (χ0v) is 7.62. The van der Waals surface area contributed by atoms with Gasteiger partial charge in [0.2, 0.25) is 0 Å². The van der Waals surface area contributed by atoms with Crippen molar-refractivity contribution in [3.05, 3.63) is 12.2 Å². The maximum Gasteiger partial charge on any atom is 0.142 e. The Kier molecular flexibility index (Phi) is 3.00. The van der Waals surface area contributed by atoms with Gasteiger partial charge in [0.05, 0.1) is 18.8 Å². The van der Waals surface area contributed by atoms with Gasteiger partial charge in [0.15, 0.2) is 0 Å². The minimum Gasteiger partial charge on any atom is -0.377 e. The van der Waals surface area contributed by atoms with E-state index in [1.165, 1.54) is 0 Å². The van der Waals surface area contributed by atoms with E-state index >= 15 is 0 Å². The summed E-state index contributed by atoms with van der Waals surface area (Å²) in [6, 6.07) is 0. The molecule has 3 nitrogen and oxygen atoms in total. The molecule has 1 heterocycles. The van der Waals surface area contributed by atoms with Crippen molar-refractivity contribution in [1.82, 2.24) is 4.90 Å². The Balaban J connectivity index is 2.45. The predicted octanol–water partition coefficient (Wildman–Crippen LogP) is 0.462. The topological polar surface area (TPSA) is 29.5 Å².